The molecular formula is C20H21N3O3S. The van der Waals surface area contributed by atoms with Gasteiger partial charge in [0.05, 0.1) is 19.9 Å². The lowest BCUT2D eigenvalue weighted by molar-refractivity contribution is 0.183. The van der Waals surface area contributed by atoms with Crippen LogP contribution in [0.4, 0.5) is 10.5 Å². The number of nitrogens with zero attached hydrogens (tertiary/aromatic N) is 2. The number of fused-ring (bicyclic) bond motifs is 1. The molecule has 1 aromatic carbocycles. The number of carbonyl (C=O) groups excluding carboxylic acids is 1. The summed E-state index contributed by atoms with van der Waals surface area (Å²) < 4.78 is 13.0. The Morgan fingerprint density at radius 3 is 2.74 bits per heavy atom. The summed E-state index contributed by atoms with van der Waals surface area (Å²) in [4.78, 5) is 16.2. The van der Waals surface area contributed by atoms with Gasteiger partial charge in [-0.05, 0) is 35.7 Å². The number of hydrogen-bond donors (Lipinski definition) is 1. The van der Waals surface area contributed by atoms with Crippen LogP contribution >= 0.6 is 11.3 Å². The Morgan fingerprint density at radius 1 is 1.11 bits per heavy atom. The van der Waals surface area contributed by atoms with E-state index < -0.39 is 0 Å². The fourth-order valence-electron chi connectivity index (χ4n) is 3.52. The van der Waals surface area contributed by atoms with Gasteiger partial charge in [0.15, 0.2) is 11.5 Å². The number of ether oxygens (including phenoxy) is 2. The van der Waals surface area contributed by atoms with Crippen LogP contribution in [0, 0.1) is 0 Å². The quantitative estimate of drug-likeness (QED) is 0.734. The summed E-state index contributed by atoms with van der Waals surface area (Å²) in [6.07, 6.45) is 2.07. The van der Waals surface area contributed by atoms with Crippen LogP contribution in [0.3, 0.4) is 0 Å². The molecule has 0 aliphatic carbocycles. The fraction of sp³-hybridized carbons (Fsp3) is 0.250. The van der Waals surface area contributed by atoms with E-state index in [1.807, 2.05) is 34.5 Å². The molecule has 0 bridgehead atoms. The number of nitrogens with one attached hydrogen (secondary N) is 1. The maximum atomic E-state index is 13.2. The molecule has 3 aromatic rings. The van der Waals surface area contributed by atoms with Crippen LogP contribution in [0.25, 0.3) is 0 Å². The van der Waals surface area contributed by atoms with Crippen molar-refractivity contribution in [3.8, 4) is 11.5 Å². The number of carbonyl (C=O) groups is 1. The summed E-state index contributed by atoms with van der Waals surface area (Å²) in [5.74, 6) is 1.10. The molecular weight excluding hydrogens is 362 g/mol. The van der Waals surface area contributed by atoms with E-state index in [1.54, 1.807) is 31.6 Å². The zero-order chi connectivity index (χ0) is 18.8. The molecule has 4 rings (SSSR count). The normalized spacial score (nSPS) is 15.9. The number of hydrogen-bond acceptors (Lipinski definition) is 4. The fourth-order valence-corrected chi connectivity index (χ4v) is 4.37. The average molecular weight is 383 g/mol. The smallest absolute Gasteiger partial charge is 0.322 e. The van der Waals surface area contributed by atoms with E-state index in [1.165, 1.54) is 0 Å². The van der Waals surface area contributed by atoms with E-state index in [4.69, 9.17) is 9.47 Å². The monoisotopic (exact) mass is 383 g/mol. The van der Waals surface area contributed by atoms with Crippen molar-refractivity contribution in [1.29, 1.82) is 0 Å². The summed E-state index contributed by atoms with van der Waals surface area (Å²) in [6.45, 7) is 1.40. The first kappa shape index (κ1) is 17.5. The van der Waals surface area contributed by atoms with Crippen molar-refractivity contribution < 1.29 is 14.3 Å². The molecule has 6 nitrogen and oxygen atoms in total. The van der Waals surface area contributed by atoms with E-state index in [-0.39, 0.29) is 12.1 Å². The molecule has 0 unspecified atom stereocenters. The first-order valence-corrected chi connectivity index (χ1v) is 9.58. The Labute approximate surface area is 161 Å². The third kappa shape index (κ3) is 3.14. The Balaban J connectivity index is 1.66. The Hall–Kier alpha value is -2.93. The molecule has 27 heavy (non-hydrogen) atoms. The zero-order valence-electron chi connectivity index (χ0n) is 15.2. The van der Waals surface area contributed by atoms with Crippen LogP contribution in [0.1, 0.15) is 16.6 Å². The van der Waals surface area contributed by atoms with E-state index in [0.717, 1.165) is 17.1 Å². The minimum atomic E-state index is -0.160. The first-order chi connectivity index (χ1) is 13.2. The first-order valence-electron chi connectivity index (χ1n) is 8.70. The largest absolute Gasteiger partial charge is 0.493 e. The molecule has 1 aliphatic heterocycles. The summed E-state index contributed by atoms with van der Waals surface area (Å²) in [7, 11) is 3.14. The molecule has 1 aliphatic rings. The van der Waals surface area contributed by atoms with Gasteiger partial charge in [0, 0.05) is 29.9 Å². The molecule has 0 saturated heterocycles. The molecule has 3 heterocycles. The summed E-state index contributed by atoms with van der Waals surface area (Å²) in [5, 5.41) is 5.04. The second-order valence-electron chi connectivity index (χ2n) is 6.21. The highest BCUT2D eigenvalue weighted by Crippen LogP contribution is 2.37. The van der Waals surface area contributed by atoms with Crippen molar-refractivity contribution >= 4 is 23.1 Å². The maximum Gasteiger partial charge on any atom is 0.322 e. The van der Waals surface area contributed by atoms with Crippen LogP contribution in [0.5, 0.6) is 11.5 Å². The lowest BCUT2D eigenvalue weighted by Gasteiger charge is -2.36. The molecule has 2 amide bonds. The highest BCUT2D eigenvalue weighted by Gasteiger charge is 2.33. The zero-order valence-corrected chi connectivity index (χ0v) is 16.0. The van der Waals surface area contributed by atoms with Gasteiger partial charge in [0.2, 0.25) is 0 Å². The summed E-state index contributed by atoms with van der Waals surface area (Å²) >= 11 is 1.66. The Morgan fingerprint density at radius 2 is 2.00 bits per heavy atom. The van der Waals surface area contributed by atoms with E-state index >= 15 is 0 Å². The van der Waals surface area contributed by atoms with Gasteiger partial charge in [-0.1, -0.05) is 12.1 Å². The third-order valence-electron chi connectivity index (χ3n) is 4.76. The molecule has 1 N–H and O–H groups in total. The van der Waals surface area contributed by atoms with Gasteiger partial charge >= 0.3 is 6.03 Å². The molecule has 2 aromatic heterocycles. The second-order valence-corrected chi connectivity index (χ2v) is 7.19. The predicted molar refractivity (Wildman–Crippen MR) is 106 cm³/mol. The SMILES string of the molecule is COc1cccc(NC(=O)N2CCn3cccc3[C@@H]2c2cccs2)c1OC. The number of benzene rings is 1. The summed E-state index contributed by atoms with van der Waals surface area (Å²) in [6, 6.07) is 13.4. The molecule has 140 valence electrons. The van der Waals surface area contributed by atoms with E-state index in [2.05, 4.69) is 28.2 Å². The number of rotatable bonds is 4. The van der Waals surface area contributed by atoms with Gasteiger partial charge in [0.1, 0.15) is 6.04 Å². The van der Waals surface area contributed by atoms with Crippen LogP contribution in [0.15, 0.2) is 54.0 Å². The van der Waals surface area contributed by atoms with Crippen molar-refractivity contribution in [2.45, 2.75) is 12.6 Å². The lowest BCUT2D eigenvalue weighted by atomic mass is 10.1. The van der Waals surface area contributed by atoms with Gasteiger partial charge in [-0.15, -0.1) is 11.3 Å². The van der Waals surface area contributed by atoms with Gasteiger partial charge in [-0.25, -0.2) is 4.79 Å². The third-order valence-corrected chi connectivity index (χ3v) is 5.68. The number of amides is 2. The highest BCUT2D eigenvalue weighted by atomic mass is 32.1. The number of methoxy groups -OCH3 is 2. The minimum Gasteiger partial charge on any atom is -0.493 e. The van der Waals surface area contributed by atoms with Crippen LogP contribution in [-0.2, 0) is 6.54 Å². The number of anilines is 1. The van der Waals surface area contributed by atoms with Crippen molar-refractivity contribution in [3.05, 3.63) is 64.6 Å². The number of aromatic nitrogens is 1. The molecule has 7 heteroatoms. The number of para-hydroxylation sites is 1. The number of urea groups is 1. The lowest BCUT2D eigenvalue weighted by Crippen LogP contribution is -2.44. The second kappa shape index (κ2) is 7.36. The van der Waals surface area contributed by atoms with Crippen LogP contribution in [-0.4, -0.2) is 36.3 Å². The molecule has 0 fully saturated rings. The van der Waals surface area contributed by atoms with Crippen LogP contribution < -0.4 is 14.8 Å². The maximum absolute atomic E-state index is 13.2. The summed E-state index contributed by atoms with van der Waals surface area (Å²) in [5.41, 5.74) is 1.71. The molecule has 0 radical (unpaired) electrons. The van der Waals surface area contributed by atoms with Gasteiger partial charge in [0.25, 0.3) is 0 Å². The Bertz CT molecular complexity index is 936. The minimum absolute atomic E-state index is 0.106. The van der Waals surface area contributed by atoms with Crippen molar-refractivity contribution in [1.82, 2.24) is 9.47 Å². The standard InChI is InChI=1S/C20H21N3O3S/c1-25-16-8-3-6-14(19(16)26-2)21-20(24)23-12-11-22-10-4-7-15(22)18(23)17-9-5-13-27-17/h3-10,13,18H,11-12H2,1-2H3,(H,21,24)/t18-/m1/s1. The molecule has 1 atom stereocenters. The highest BCUT2D eigenvalue weighted by molar-refractivity contribution is 7.10. The predicted octanol–water partition coefficient (Wildman–Crippen LogP) is 4.20. The molecule has 0 saturated carbocycles. The van der Waals surface area contributed by atoms with Crippen molar-refractivity contribution in [2.24, 2.45) is 0 Å². The number of thiophene rings is 1. The van der Waals surface area contributed by atoms with Crippen molar-refractivity contribution in [2.75, 3.05) is 26.1 Å². The van der Waals surface area contributed by atoms with Crippen LogP contribution in [0.2, 0.25) is 0 Å². The van der Waals surface area contributed by atoms with Gasteiger partial charge < -0.3 is 24.3 Å². The topological polar surface area (TPSA) is 55.7 Å². The van der Waals surface area contributed by atoms with Gasteiger partial charge in [-0.3, -0.25) is 0 Å². The van der Waals surface area contributed by atoms with Gasteiger partial charge in [-0.2, -0.15) is 0 Å². The van der Waals surface area contributed by atoms with Crippen molar-refractivity contribution in [3.63, 3.8) is 0 Å². The van der Waals surface area contributed by atoms with E-state index in [0.29, 0.717) is 23.7 Å². The van der Waals surface area contributed by atoms with E-state index in [9.17, 15) is 4.79 Å². The average Bonchev–Trinajstić information content (AvgIpc) is 3.38. The molecule has 0 spiro atoms. The Kier molecular flexibility index (Phi) is 4.77.